The summed E-state index contributed by atoms with van der Waals surface area (Å²) in [6.07, 6.45) is 2.14. The summed E-state index contributed by atoms with van der Waals surface area (Å²) in [6, 6.07) is 4.93. The molecule has 0 aliphatic rings. The van der Waals surface area contributed by atoms with Gasteiger partial charge in [0.2, 0.25) is 0 Å². The Bertz CT molecular complexity index is 415. The van der Waals surface area contributed by atoms with Crippen molar-refractivity contribution < 1.29 is 19.4 Å². The van der Waals surface area contributed by atoms with Crippen LogP contribution >= 0.6 is 0 Å². The quantitative estimate of drug-likeness (QED) is 0.781. The summed E-state index contributed by atoms with van der Waals surface area (Å²) < 4.78 is 11.1. The highest BCUT2D eigenvalue weighted by Crippen LogP contribution is 2.32. The van der Waals surface area contributed by atoms with Crippen molar-refractivity contribution in [2.75, 3.05) is 13.2 Å². The maximum Gasteiger partial charge on any atom is 0.339 e. The van der Waals surface area contributed by atoms with Crippen molar-refractivity contribution >= 4 is 5.97 Å². The minimum absolute atomic E-state index is 0.148. The summed E-state index contributed by atoms with van der Waals surface area (Å²) >= 11 is 0. The summed E-state index contributed by atoms with van der Waals surface area (Å²) in [5.41, 5.74) is 0.148. The second kappa shape index (κ2) is 7.67. The van der Waals surface area contributed by atoms with E-state index in [9.17, 15) is 9.90 Å². The Kier molecular flexibility index (Phi) is 6.19. The van der Waals surface area contributed by atoms with E-state index in [1.807, 2.05) is 6.92 Å². The van der Waals surface area contributed by atoms with Crippen LogP contribution < -0.4 is 9.47 Å². The number of carboxylic acids is 1. The molecule has 1 atom stereocenters. The molecule has 1 unspecified atom stereocenters. The van der Waals surface area contributed by atoms with E-state index in [0.717, 1.165) is 12.8 Å². The zero-order chi connectivity index (χ0) is 14.3. The molecule has 0 spiro atoms. The number of hydrogen-bond acceptors (Lipinski definition) is 3. The van der Waals surface area contributed by atoms with Crippen molar-refractivity contribution in [2.24, 2.45) is 5.92 Å². The summed E-state index contributed by atoms with van der Waals surface area (Å²) in [6.45, 7) is 7.04. The lowest BCUT2D eigenvalue weighted by Gasteiger charge is -2.16. The molecule has 0 aromatic heterocycles. The van der Waals surface area contributed by atoms with Crippen molar-refractivity contribution in [3.05, 3.63) is 23.8 Å². The highest BCUT2D eigenvalue weighted by Gasteiger charge is 2.17. The molecule has 0 bridgehead atoms. The first-order chi connectivity index (χ1) is 9.10. The lowest BCUT2D eigenvalue weighted by Crippen LogP contribution is -2.12. The Hall–Kier alpha value is -1.71. The molecule has 4 nitrogen and oxygen atoms in total. The fourth-order valence-electron chi connectivity index (χ4n) is 1.90. The maximum atomic E-state index is 11.2. The number of hydrogen-bond donors (Lipinski definition) is 1. The van der Waals surface area contributed by atoms with Gasteiger partial charge in [0.05, 0.1) is 13.2 Å². The molecule has 0 aliphatic heterocycles. The van der Waals surface area contributed by atoms with Gasteiger partial charge in [-0.1, -0.05) is 26.3 Å². The Morgan fingerprint density at radius 1 is 1.32 bits per heavy atom. The summed E-state index contributed by atoms with van der Waals surface area (Å²) in [5, 5.41) is 9.19. The van der Waals surface area contributed by atoms with E-state index >= 15 is 0 Å². The first-order valence-electron chi connectivity index (χ1n) is 6.72. The molecule has 0 aliphatic carbocycles. The highest BCUT2D eigenvalue weighted by molar-refractivity contribution is 5.92. The first kappa shape index (κ1) is 15.3. The van der Waals surface area contributed by atoms with Gasteiger partial charge in [0.25, 0.3) is 0 Å². The monoisotopic (exact) mass is 266 g/mol. The molecule has 1 aromatic carbocycles. The molecule has 0 fully saturated rings. The molecule has 0 saturated carbocycles. The van der Waals surface area contributed by atoms with E-state index in [1.165, 1.54) is 6.07 Å². The number of ether oxygens (including phenoxy) is 2. The second-order valence-electron chi connectivity index (χ2n) is 4.58. The molecule has 19 heavy (non-hydrogen) atoms. The Labute approximate surface area is 114 Å². The molecule has 106 valence electrons. The molecule has 0 heterocycles. The Morgan fingerprint density at radius 3 is 2.63 bits per heavy atom. The largest absolute Gasteiger partial charge is 0.490 e. The van der Waals surface area contributed by atoms with E-state index in [1.54, 1.807) is 12.1 Å². The molecule has 0 amide bonds. The van der Waals surface area contributed by atoms with E-state index in [2.05, 4.69) is 13.8 Å². The number of carbonyl (C=O) groups is 1. The second-order valence-corrected chi connectivity index (χ2v) is 4.58. The molecule has 4 heteroatoms. The van der Waals surface area contributed by atoms with Crippen LogP contribution in [0.15, 0.2) is 18.2 Å². The smallest absolute Gasteiger partial charge is 0.339 e. The zero-order valence-corrected chi connectivity index (χ0v) is 11.8. The van der Waals surface area contributed by atoms with Crippen LogP contribution in [0.2, 0.25) is 0 Å². The van der Waals surface area contributed by atoms with Crippen LogP contribution in [-0.2, 0) is 0 Å². The third-order valence-electron chi connectivity index (χ3n) is 2.80. The number of rotatable bonds is 8. The third kappa shape index (κ3) is 4.47. The molecular formula is C15H22O4. The predicted octanol–water partition coefficient (Wildman–Crippen LogP) is 3.60. The Balaban J connectivity index is 2.90. The summed E-state index contributed by atoms with van der Waals surface area (Å²) in [5.74, 6) is 0.215. The van der Waals surface area contributed by atoms with Crippen molar-refractivity contribution in [2.45, 2.75) is 33.6 Å². The molecule has 0 radical (unpaired) electrons. The van der Waals surface area contributed by atoms with Crippen LogP contribution in [0.4, 0.5) is 0 Å². The van der Waals surface area contributed by atoms with E-state index < -0.39 is 5.97 Å². The average molecular weight is 266 g/mol. The first-order valence-corrected chi connectivity index (χ1v) is 6.72. The molecule has 1 N–H and O–H groups in total. The normalized spacial score (nSPS) is 11.9. The van der Waals surface area contributed by atoms with Gasteiger partial charge in [0.15, 0.2) is 11.5 Å². The summed E-state index contributed by atoms with van der Waals surface area (Å²) in [4.78, 5) is 11.2. The van der Waals surface area contributed by atoms with Crippen LogP contribution in [0.1, 0.15) is 44.0 Å². The molecular weight excluding hydrogens is 244 g/mol. The fraction of sp³-hybridized carbons (Fsp3) is 0.533. The van der Waals surface area contributed by atoms with Crippen LogP contribution in [0, 0.1) is 5.92 Å². The Morgan fingerprint density at radius 2 is 2.05 bits per heavy atom. The van der Waals surface area contributed by atoms with Gasteiger partial charge in [-0.25, -0.2) is 4.79 Å². The average Bonchev–Trinajstić information content (AvgIpc) is 2.37. The van der Waals surface area contributed by atoms with E-state index in [0.29, 0.717) is 30.6 Å². The SMILES string of the molecule is CCCC(C)COc1c(OCC)cccc1C(=O)O. The lowest BCUT2D eigenvalue weighted by atomic mass is 10.1. The van der Waals surface area contributed by atoms with Gasteiger partial charge >= 0.3 is 5.97 Å². The number of aromatic carboxylic acids is 1. The van der Waals surface area contributed by atoms with Gasteiger partial charge in [0, 0.05) is 0 Å². The standard InChI is InChI=1S/C15H22O4/c1-4-7-11(3)10-19-14-12(15(16)17)8-6-9-13(14)18-5-2/h6,8-9,11H,4-5,7,10H2,1-3H3,(H,16,17). The number of benzene rings is 1. The highest BCUT2D eigenvalue weighted by atomic mass is 16.5. The lowest BCUT2D eigenvalue weighted by molar-refractivity contribution is 0.0690. The maximum absolute atomic E-state index is 11.2. The summed E-state index contributed by atoms with van der Waals surface area (Å²) in [7, 11) is 0. The van der Waals surface area contributed by atoms with E-state index in [-0.39, 0.29) is 5.56 Å². The minimum atomic E-state index is -1.00. The van der Waals surface area contributed by atoms with Gasteiger partial charge < -0.3 is 14.6 Å². The predicted molar refractivity (Wildman–Crippen MR) is 74.1 cm³/mol. The van der Waals surface area contributed by atoms with Gasteiger partial charge in [-0.3, -0.25) is 0 Å². The van der Waals surface area contributed by atoms with E-state index in [4.69, 9.17) is 9.47 Å². The minimum Gasteiger partial charge on any atom is -0.490 e. The van der Waals surface area contributed by atoms with Crippen LogP contribution in [0.5, 0.6) is 11.5 Å². The van der Waals surface area contributed by atoms with Crippen molar-refractivity contribution in [3.63, 3.8) is 0 Å². The molecule has 1 rings (SSSR count). The number of carboxylic acid groups (broad SMARTS) is 1. The van der Waals surface area contributed by atoms with Crippen molar-refractivity contribution in [1.82, 2.24) is 0 Å². The molecule has 1 aromatic rings. The van der Waals surface area contributed by atoms with Gasteiger partial charge in [-0.15, -0.1) is 0 Å². The molecule has 0 saturated heterocycles. The van der Waals surface area contributed by atoms with Gasteiger partial charge in [-0.2, -0.15) is 0 Å². The number of para-hydroxylation sites is 1. The van der Waals surface area contributed by atoms with Gasteiger partial charge in [0.1, 0.15) is 5.56 Å². The third-order valence-corrected chi connectivity index (χ3v) is 2.80. The zero-order valence-electron chi connectivity index (χ0n) is 11.8. The van der Waals surface area contributed by atoms with Crippen LogP contribution in [0.3, 0.4) is 0 Å². The van der Waals surface area contributed by atoms with Gasteiger partial charge in [-0.05, 0) is 31.4 Å². The fourth-order valence-corrected chi connectivity index (χ4v) is 1.90. The topological polar surface area (TPSA) is 55.8 Å². The van der Waals surface area contributed by atoms with Crippen LogP contribution in [-0.4, -0.2) is 24.3 Å². The van der Waals surface area contributed by atoms with Crippen molar-refractivity contribution in [1.29, 1.82) is 0 Å². The van der Waals surface area contributed by atoms with Crippen molar-refractivity contribution in [3.8, 4) is 11.5 Å². The van der Waals surface area contributed by atoms with Crippen LogP contribution in [0.25, 0.3) is 0 Å².